The van der Waals surface area contributed by atoms with Gasteiger partial charge in [-0.3, -0.25) is 4.90 Å². The van der Waals surface area contributed by atoms with Gasteiger partial charge in [0.15, 0.2) is 0 Å². The van der Waals surface area contributed by atoms with Gasteiger partial charge in [0.2, 0.25) is 0 Å². The normalized spacial score (nSPS) is 31.2. The molecule has 3 N–H and O–H groups in total. The second-order valence-electron chi connectivity index (χ2n) is 5.56. The predicted molar refractivity (Wildman–Crippen MR) is 60.7 cm³/mol. The molecule has 2 unspecified atom stereocenters. The molecule has 0 bridgehead atoms. The lowest BCUT2D eigenvalue weighted by atomic mass is 10.0. The Hall–Kier alpha value is -0.160. The average Bonchev–Trinajstić information content (AvgIpc) is 1.99. The van der Waals surface area contributed by atoms with E-state index in [4.69, 9.17) is 10.5 Å². The van der Waals surface area contributed by atoms with E-state index in [1.807, 2.05) is 0 Å². The van der Waals surface area contributed by atoms with E-state index in [9.17, 15) is 5.11 Å². The summed E-state index contributed by atoms with van der Waals surface area (Å²) in [4.78, 5) is 2.22. The van der Waals surface area contributed by atoms with Crippen LogP contribution < -0.4 is 5.73 Å². The lowest BCUT2D eigenvalue weighted by molar-refractivity contribution is -0.139. The van der Waals surface area contributed by atoms with Gasteiger partial charge in [-0.05, 0) is 27.7 Å². The molecule has 0 aromatic heterocycles. The highest BCUT2D eigenvalue weighted by molar-refractivity contribution is 4.87. The number of hydrogen-bond acceptors (Lipinski definition) is 4. The standard InChI is InChI=1S/C11H24N2O2/c1-9-5-13(7-10(2,3)15-9)8-11(4,14)6-12/h9,14H,5-8,12H2,1-4H3. The molecule has 15 heavy (non-hydrogen) atoms. The predicted octanol–water partition coefficient (Wildman–Crippen LogP) is 0.195. The molecule has 0 spiro atoms. The minimum atomic E-state index is -0.798. The van der Waals surface area contributed by atoms with Crippen molar-refractivity contribution in [2.45, 2.75) is 45.0 Å². The number of aliphatic hydroxyl groups is 1. The van der Waals surface area contributed by atoms with Gasteiger partial charge < -0.3 is 15.6 Å². The zero-order valence-corrected chi connectivity index (χ0v) is 10.3. The Morgan fingerprint density at radius 1 is 1.60 bits per heavy atom. The molecule has 0 aromatic carbocycles. The molecule has 0 aliphatic carbocycles. The topological polar surface area (TPSA) is 58.7 Å². The number of hydrogen-bond donors (Lipinski definition) is 2. The van der Waals surface area contributed by atoms with Crippen molar-refractivity contribution < 1.29 is 9.84 Å². The molecular weight excluding hydrogens is 192 g/mol. The minimum Gasteiger partial charge on any atom is -0.388 e. The quantitative estimate of drug-likeness (QED) is 0.707. The van der Waals surface area contributed by atoms with Crippen LogP contribution in [-0.4, -0.2) is 53.5 Å². The van der Waals surface area contributed by atoms with Crippen LogP contribution in [0.5, 0.6) is 0 Å². The maximum absolute atomic E-state index is 9.92. The van der Waals surface area contributed by atoms with Crippen molar-refractivity contribution in [3.8, 4) is 0 Å². The summed E-state index contributed by atoms with van der Waals surface area (Å²) in [5, 5.41) is 9.92. The van der Waals surface area contributed by atoms with E-state index in [1.54, 1.807) is 6.92 Å². The Labute approximate surface area is 92.4 Å². The summed E-state index contributed by atoms with van der Waals surface area (Å²) in [6.45, 7) is 10.6. The maximum Gasteiger partial charge on any atom is 0.0867 e. The van der Waals surface area contributed by atoms with Crippen LogP contribution in [0.4, 0.5) is 0 Å². The van der Waals surface area contributed by atoms with Gasteiger partial charge >= 0.3 is 0 Å². The van der Waals surface area contributed by atoms with E-state index in [2.05, 4.69) is 25.7 Å². The number of β-amino-alcohol motifs (C(OH)–C–C–N with tert-alkyl or cyclic N) is 1. The maximum atomic E-state index is 9.92. The first-order valence-corrected chi connectivity index (χ1v) is 5.57. The van der Waals surface area contributed by atoms with Crippen LogP contribution in [0.15, 0.2) is 0 Å². The van der Waals surface area contributed by atoms with Crippen molar-refractivity contribution in [3.63, 3.8) is 0 Å². The number of nitrogens with zero attached hydrogens (tertiary/aromatic N) is 1. The molecule has 1 saturated heterocycles. The zero-order chi connectivity index (χ0) is 11.7. The van der Waals surface area contributed by atoms with E-state index >= 15 is 0 Å². The van der Waals surface area contributed by atoms with Gasteiger partial charge in [-0.15, -0.1) is 0 Å². The molecule has 1 fully saturated rings. The van der Waals surface area contributed by atoms with Gasteiger partial charge in [0.05, 0.1) is 17.3 Å². The summed E-state index contributed by atoms with van der Waals surface area (Å²) in [7, 11) is 0. The lowest BCUT2D eigenvalue weighted by Gasteiger charge is -2.43. The summed E-state index contributed by atoms with van der Waals surface area (Å²) < 4.78 is 5.80. The van der Waals surface area contributed by atoms with Crippen LogP contribution in [0.1, 0.15) is 27.7 Å². The van der Waals surface area contributed by atoms with E-state index in [0.717, 1.165) is 13.1 Å². The Balaban J connectivity index is 2.56. The Bertz CT molecular complexity index is 217. The molecule has 0 aromatic rings. The first kappa shape index (κ1) is 12.9. The van der Waals surface area contributed by atoms with Crippen LogP contribution in [0, 0.1) is 0 Å². The average molecular weight is 216 g/mol. The van der Waals surface area contributed by atoms with Crippen LogP contribution >= 0.6 is 0 Å². The summed E-state index contributed by atoms with van der Waals surface area (Å²) in [6, 6.07) is 0. The van der Waals surface area contributed by atoms with Crippen molar-refractivity contribution in [1.29, 1.82) is 0 Å². The van der Waals surface area contributed by atoms with Gasteiger partial charge in [-0.25, -0.2) is 0 Å². The second-order valence-corrected chi connectivity index (χ2v) is 5.56. The van der Waals surface area contributed by atoms with Crippen molar-refractivity contribution in [1.82, 2.24) is 4.90 Å². The fourth-order valence-electron chi connectivity index (χ4n) is 2.25. The first-order chi connectivity index (χ1) is 6.74. The molecule has 4 nitrogen and oxygen atoms in total. The SMILES string of the molecule is CC1CN(CC(C)(O)CN)CC(C)(C)O1. The molecule has 90 valence electrons. The molecule has 1 heterocycles. The summed E-state index contributed by atoms with van der Waals surface area (Å²) >= 11 is 0. The zero-order valence-electron chi connectivity index (χ0n) is 10.3. The lowest BCUT2D eigenvalue weighted by Crippen LogP contribution is -2.56. The van der Waals surface area contributed by atoms with Crippen molar-refractivity contribution in [2.75, 3.05) is 26.2 Å². The van der Waals surface area contributed by atoms with Gasteiger partial charge in [0.25, 0.3) is 0 Å². The number of rotatable bonds is 3. The fraction of sp³-hybridized carbons (Fsp3) is 1.00. The fourth-order valence-corrected chi connectivity index (χ4v) is 2.25. The summed E-state index contributed by atoms with van der Waals surface area (Å²) in [5.41, 5.74) is 4.58. The van der Waals surface area contributed by atoms with E-state index in [0.29, 0.717) is 13.1 Å². The third kappa shape index (κ3) is 4.07. The smallest absolute Gasteiger partial charge is 0.0867 e. The van der Waals surface area contributed by atoms with E-state index in [1.165, 1.54) is 0 Å². The monoisotopic (exact) mass is 216 g/mol. The third-order valence-electron chi connectivity index (χ3n) is 2.64. The van der Waals surface area contributed by atoms with Gasteiger partial charge in [-0.1, -0.05) is 0 Å². The van der Waals surface area contributed by atoms with Crippen LogP contribution in [-0.2, 0) is 4.74 Å². The molecule has 4 heteroatoms. The van der Waals surface area contributed by atoms with Crippen molar-refractivity contribution in [3.05, 3.63) is 0 Å². The van der Waals surface area contributed by atoms with Crippen molar-refractivity contribution >= 4 is 0 Å². The first-order valence-electron chi connectivity index (χ1n) is 5.57. The Morgan fingerprint density at radius 2 is 2.20 bits per heavy atom. The van der Waals surface area contributed by atoms with E-state index in [-0.39, 0.29) is 11.7 Å². The summed E-state index contributed by atoms with van der Waals surface area (Å²) in [6.07, 6.45) is 0.210. The number of nitrogens with two attached hydrogens (primary N) is 1. The molecule has 1 aliphatic heterocycles. The molecule has 0 saturated carbocycles. The highest BCUT2D eigenvalue weighted by Gasteiger charge is 2.34. The van der Waals surface area contributed by atoms with Gasteiger partial charge in [0.1, 0.15) is 0 Å². The van der Waals surface area contributed by atoms with Crippen LogP contribution in [0.3, 0.4) is 0 Å². The molecular formula is C11H24N2O2. The van der Waals surface area contributed by atoms with Gasteiger partial charge in [0, 0.05) is 26.2 Å². The molecule has 1 aliphatic rings. The molecule has 0 amide bonds. The molecule has 2 atom stereocenters. The summed E-state index contributed by atoms with van der Waals surface area (Å²) in [5.74, 6) is 0. The molecule has 1 rings (SSSR count). The minimum absolute atomic E-state index is 0.137. The van der Waals surface area contributed by atoms with Gasteiger partial charge in [-0.2, -0.15) is 0 Å². The largest absolute Gasteiger partial charge is 0.388 e. The number of morpholine rings is 1. The van der Waals surface area contributed by atoms with E-state index < -0.39 is 5.60 Å². The van der Waals surface area contributed by atoms with Crippen LogP contribution in [0.2, 0.25) is 0 Å². The number of ether oxygens (including phenoxy) is 1. The third-order valence-corrected chi connectivity index (χ3v) is 2.64. The highest BCUT2D eigenvalue weighted by Crippen LogP contribution is 2.21. The Kier molecular flexibility index (Phi) is 3.76. The second kappa shape index (κ2) is 4.37. The molecule has 0 radical (unpaired) electrons. The highest BCUT2D eigenvalue weighted by atomic mass is 16.5. The van der Waals surface area contributed by atoms with Crippen molar-refractivity contribution in [2.24, 2.45) is 5.73 Å². The van der Waals surface area contributed by atoms with Crippen LogP contribution in [0.25, 0.3) is 0 Å². The Morgan fingerprint density at radius 3 is 2.67 bits per heavy atom.